The summed E-state index contributed by atoms with van der Waals surface area (Å²) in [5, 5.41) is 30.5. The maximum absolute atomic E-state index is 2.41. The molecule has 0 saturated carbocycles. The first-order chi connectivity index (χ1) is 59.6. The van der Waals surface area contributed by atoms with E-state index in [9.17, 15) is 0 Å². The minimum absolute atomic E-state index is 1.24. The summed E-state index contributed by atoms with van der Waals surface area (Å²) in [5.41, 5.74) is 22.8. The second-order valence-corrected chi connectivity index (χ2v) is 31.5. The molecule has 0 saturated heterocycles. The molecule has 0 radical (unpaired) electrons. The molecular weight excluding hydrogens is 1440 g/mol. The molecule has 0 aromatic heterocycles. The highest BCUT2D eigenvalue weighted by atomic mass is 14.3. The maximum Gasteiger partial charge on any atom is -0.00139 e. The van der Waals surface area contributed by atoms with E-state index in [2.05, 4.69) is 473 Å². The van der Waals surface area contributed by atoms with E-state index in [1.165, 1.54) is 229 Å². The average molecular weight is 1520 g/mol. The normalized spacial score (nSPS) is 11.5. The van der Waals surface area contributed by atoms with E-state index in [4.69, 9.17) is 0 Å². The van der Waals surface area contributed by atoms with Gasteiger partial charge in [-0.05, 0) is 260 Å². The predicted molar refractivity (Wildman–Crippen MR) is 518 cm³/mol. The van der Waals surface area contributed by atoms with Crippen molar-refractivity contribution in [1.82, 2.24) is 0 Å². The molecule has 0 bridgehead atoms. The van der Waals surface area contributed by atoms with Gasteiger partial charge in [0.25, 0.3) is 0 Å². The highest BCUT2D eigenvalue weighted by molar-refractivity contribution is 6.28. The van der Waals surface area contributed by atoms with Crippen LogP contribution in [0, 0.1) is 0 Å². The van der Waals surface area contributed by atoms with Crippen LogP contribution in [0.4, 0.5) is 0 Å². The summed E-state index contributed by atoms with van der Waals surface area (Å²) in [4.78, 5) is 0. The van der Waals surface area contributed by atoms with Crippen LogP contribution in [0.15, 0.2) is 473 Å². The summed E-state index contributed by atoms with van der Waals surface area (Å²) >= 11 is 0. The average Bonchev–Trinajstić information content (AvgIpc) is 0.731. The van der Waals surface area contributed by atoms with Gasteiger partial charge in [-0.25, -0.2) is 0 Å². The second-order valence-electron chi connectivity index (χ2n) is 31.5. The molecule has 24 rings (SSSR count). The van der Waals surface area contributed by atoms with E-state index in [1.54, 1.807) is 0 Å². The van der Waals surface area contributed by atoms with Gasteiger partial charge in [-0.2, -0.15) is 0 Å². The highest BCUT2D eigenvalue weighted by Gasteiger charge is 2.25. The van der Waals surface area contributed by atoms with Crippen LogP contribution >= 0.6 is 0 Å². The fraction of sp³-hybridized carbons (Fsp3) is 0. The molecule has 120 heavy (non-hydrogen) atoms. The second kappa shape index (κ2) is 30.5. The Kier molecular flexibility index (Phi) is 18.1. The molecule has 0 nitrogen and oxygen atoms in total. The van der Waals surface area contributed by atoms with Crippen molar-refractivity contribution in [3.05, 3.63) is 473 Å². The van der Waals surface area contributed by atoms with E-state index >= 15 is 0 Å². The summed E-state index contributed by atoms with van der Waals surface area (Å²) < 4.78 is 0. The lowest BCUT2D eigenvalue weighted by Crippen LogP contribution is -1.94. The smallest absolute Gasteiger partial charge is 0.00139 e. The molecule has 0 aliphatic rings. The van der Waals surface area contributed by atoms with Crippen LogP contribution in [0.1, 0.15) is 0 Å². The molecule has 0 amide bonds. The summed E-state index contributed by atoms with van der Waals surface area (Å²) in [6.07, 6.45) is 0. The zero-order valence-electron chi connectivity index (χ0n) is 66.0. The standard InChI is InChI=1S/3C40H26/c1-2-14-29(15-3-1)38-34-18-8-10-20-36(34)40(37-21-11-9-19-35(37)38)39-32-17-7-6-13-28(32)24-25-33(39)31-23-22-27-12-4-5-16-30(27)26-31;1-2-13-28(14-3-1)39-34-18-8-10-20-36(34)40(37-21-11-9-19-35(37)39)38-26-32(25-31-16-6-7-17-33(31)38)30-23-22-27-12-4-5-15-29(27)24-30;1-2-13-28(14-3-1)39-34-18-8-10-20-36(34)40(37-21-11-9-19-35(37)39)38-25-24-31(32-16-6-7-17-33(32)38)30-23-22-27-12-4-5-15-29(27)26-30/h3*1-26H. The quantitative estimate of drug-likeness (QED) is 0.126. The van der Waals surface area contributed by atoms with E-state index in [1.807, 2.05) is 0 Å². The molecule has 24 aromatic rings. The highest BCUT2D eigenvalue weighted by Crippen LogP contribution is 2.52. The van der Waals surface area contributed by atoms with Gasteiger partial charge in [0.2, 0.25) is 0 Å². The fourth-order valence-corrected chi connectivity index (χ4v) is 19.3. The third-order valence-corrected chi connectivity index (χ3v) is 24.7. The van der Waals surface area contributed by atoms with Crippen molar-refractivity contribution in [3.63, 3.8) is 0 Å². The van der Waals surface area contributed by atoms with E-state index in [0.29, 0.717) is 0 Å². The van der Waals surface area contributed by atoms with Crippen molar-refractivity contribution < 1.29 is 0 Å². The van der Waals surface area contributed by atoms with Crippen LogP contribution in [0.5, 0.6) is 0 Å². The maximum atomic E-state index is 2.41. The minimum Gasteiger partial charge on any atom is -0.0622 e. The Morgan fingerprint density at radius 1 is 0.0833 bits per heavy atom. The van der Waals surface area contributed by atoms with Crippen LogP contribution < -0.4 is 0 Å². The largest absolute Gasteiger partial charge is 0.0622 e. The molecule has 0 aliphatic heterocycles. The van der Waals surface area contributed by atoms with Gasteiger partial charge in [0.1, 0.15) is 0 Å². The molecule has 0 fully saturated rings. The molecular formula is C120H78. The Morgan fingerprint density at radius 2 is 0.333 bits per heavy atom. The van der Waals surface area contributed by atoms with Gasteiger partial charge in [-0.15, -0.1) is 0 Å². The number of hydrogen-bond acceptors (Lipinski definition) is 0. The third kappa shape index (κ3) is 12.6. The van der Waals surface area contributed by atoms with Crippen LogP contribution in [0.3, 0.4) is 0 Å². The van der Waals surface area contributed by atoms with Crippen LogP contribution in [-0.4, -0.2) is 0 Å². The molecule has 558 valence electrons. The predicted octanol–water partition coefficient (Wildman–Crippen LogP) is 33.9. The molecule has 0 aliphatic carbocycles. The molecule has 0 spiro atoms. The monoisotopic (exact) mass is 1520 g/mol. The number of fused-ring (bicyclic) bond motifs is 12. The lowest BCUT2D eigenvalue weighted by molar-refractivity contribution is 1.64. The Hall–Kier alpha value is -15.6. The number of hydrogen-bond donors (Lipinski definition) is 0. The molecule has 24 aromatic carbocycles. The molecule has 0 heterocycles. The summed E-state index contributed by atoms with van der Waals surface area (Å²) in [7, 11) is 0. The third-order valence-electron chi connectivity index (χ3n) is 24.7. The number of benzene rings is 24. The molecule has 0 heteroatoms. The summed E-state index contributed by atoms with van der Waals surface area (Å²) in [6, 6.07) is 173. The summed E-state index contributed by atoms with van der Waals surface area (Å²) in [5.74, 6) is 0. The topological polar surface area (TPSA) is 0 Å². The van der Waals surface area contributed by atoms with Gasteiger partial charge < -0.3 is 0 Å². The van der Waals surface area contributed by atoms with E-state index in [0.717, 1.165) is 0 Å². The minimum atomic E-state index is 1.24. The molecule has 0 N–H and O–H groups in total. The lowest BCUT2D eigenvalue weighted by Gasteiger charge is -2.21. The van der Waals surface area contributed by atoms with Crippen LogP contribution in [0.25, 0.3) is 229 Å². The van der Waals surface area contributed by atoms with Gasteiger partial charge in [-0.3, -0.25) is 0 Å². The van der Waals surface area contributed by atoms with Gasteiger partial charge in [0, 0.05) is 0 Å². The van der Waals surface area contributed by atoms with Crippen molar-refractivity contribution in [2.75, 3.05) is 0 Å². The molecule has 0 atom stereocenters. The number of rotatable bonds is 9. The van der Waals surface area contributed by atoms with Crippen molar-refractivity contribution in [3.8, 4) is 100 Å². The lowest BCUT2D eigenvalue weighted by atomic mass is 9.82. The van der Waals surface area contributed by atoms with Crippen LogP contribution in [0.2, 0.25) is 0 Å². The first-order valence-electron chi connectivity index (χ1n) is 41.6. The van der Waals surface area contributed by atoms with Crippen LogP contribution in [-0.2, 0) is 0 Å². The van der Waals surface area contributed by atoms with E-state index < -0.39 is 0 Å². The van der Waals surface area contributed by atoms with Gasteiger partial charge in [-0.1, -0.05) is 443 Å². The van der Waals surface area contributed by atoms with Crippen molar-refractivity contribution in [2.45, 2.75) is 0 Å². The van der Waals surface area contributed by atoms with Crippen molar-refractivity contribution in [1.29, 1.82) is 0 Å². The Bertz CT molecular complexity index is 7960. The van der Waals surface area contributed by atoms with Gasteiger partial charge in [0.05, 0.1) is 0 Å². The Morgan fingerprint density at radius 3 is 0.742 bits per heavy atom. The molecule has 0 unspecified atom stereocenters. The van der Waals surface area contributed by atoms with Crippen molar-refractivity contribution >= 4 is 129 Å². The summed E-state index contributed by atoms with van der Waals surface area (Å²) in [6.45, 7) is 0. The Labute approximate surface area is 697 Å². The Balaban J connectivity index is 0.000000108. The zero-order chi connectivity index (χ0) is 79.4. The first-order valence-corrected chi connectivity index (χ1v) is 41.6. The van der Waals surface area contributed by atoms with Gasteiger partial charge in [0.15, 0.2) is 0 Å². The zero-order valence-corrected chi connectivity index (χ0v) is 66.0. The fourth-order valence-electron chi connectivity index (χ4n) is 19.3. The van der Waals surface area contributed by atoms with Crippen molar-refractivity contribution in [2.24, 2.45) is 0 Å². The van der Waals surface area contributed by atoms with Gasteiger partial charge >= 0.3 is 0 Å². The first kappa shape index (κ1) is 71.0. The van der Waals surface area contributed by atoms with E-state index in [-0.39, 0.29) is 0 Å². The SMILES string of the molecule is c1ccc(-c2c3ccccc3c(-c3c(-c4ccc5ccccc5c4)ccc4ccccc34)c3ccccc23)cc1.c1ccc(-c2c3ccccc3c(-c3cc(-c4ccc5ccccc5c4)cc4ccccc34)c3ccccc23)cc1.c1ccc(-c2c3ccccc3c(-c3ccc(-c4ccc5ccccc5c4)c4ccccc34)c3ccccc23)cc1.